The molecule has 19 heavy (non-hydrogen) atoms. The molecule has 0 amide bonds. The standard InChI is InChI=1S/C13H13IN2O2S/c1-9-8-11(15)4-7-13(9)19(17,18)16-12-5-2-10(14)3-6-12/h2-8,16H,15H2,1H3. The lowest BCUT2D eigenvalue weighted by Gasteiger charge is -2.10. The number of nitrogens with two attached hydrogens (primary N) is 1. The van der Waals surface area contributed by atoms with Crippen molar-refractivity contribution in [2.45, 2.75) is 11.8 Å². The fourth-order valence-electron chi connectivity index (χ4n) is 1.70. The Morgan fingerprint density at radius 1 is 1.11 bits per heavy atom. The van der Waals surface area contributed by atoms with Gasteiger partial charge in [0.15, 0.2) is 0 Å². The molecule has 0 aliphatic carbocycles. The third-order valence-electron chi connectivity index (χ3n) is 2.58. The summed E-state index contributed by atoms with van der Waals surface area (Å²) in [5, 5.41) is 0. The third kappa shape index (κ3) is 3.38. The summed E-state index contributed by atoms with van der Waals surface area (Å²) in [5.41, 5.74) is 7.33. The number of sulfonamides is 1. The highest BCUT2D eigenvalue weighted by Gasteiger charge is 2.16. The van der Waals surface area contributed by atoms with E-state index in [4.69, 9.17) is 5.73 Å². The van der Waals surface area contributed by atoms with Gasteiger partial charge in [-0.25, -0.2) is 8.42 Å². The maximum absolute atomic E-state index is 12.3. The Morgan fingerprint density at radius 3 is 2.32 bits per heavy atom. The zero-order valence-electron chi connectivity index (χ0n) is 10.2. The van der Waals surface area contributed by atoms with Gasteiger partial charge >= 0.3 is 0 Å². The quantitative estimate of drug-likeness (QED) is 0.627. The van der Waals surface area contributed by atoms with E-state index >= 15 is 0 Å². The number of hydrogen-bond acceptors (Lipinski definition) is 3. The van der Waals surface area contributed by atoms with E-state index in [9.17, 15) is 8.42 Å². The zero-order chi connectivity index (χ0) is 14.0. The summed E-state index contributed by atoms with van der Waals surface area (Å²) in [6.07, 6.45) is 0. The van der Waals surface area contributed by atoms with Crippen molar-refractivity contribution < 1.29 is 8.42 Å². The van der Waals surface area contributed by atoms with Crippen LogP contribution >= 0.6 is 22.6 Å². The molecule has 0 saturated carbocycles. The lowest BCUT2D eigenvalue weighted by atomic mass is 10.2. The number of nitrogens with one attached hydrogen (secondary N) is 1. The molecular weight excluding hydrogens is 375 g/mol. The number of hydrogen-bond donors (Lipinski definition) is 2. The smallest absolute Gasteiger partial charge is 0.262 e. The molecule has 2 aromatic carbocycles. The molecule has 0 spiro atoms. The fourth-order valence-corrected chi connectivity index (χ4v) is 3.35. The maximum Gasteiger partial charge on any atom is 0.262 e. The number of nitrogen functional groups attached to an aromatic ring is 1. The molecule has 0 aliphatic heterocycles. The summed E-state index contributed by atoms with van der Waals surface area (Å²) in [5.74, 6) is 0. The van der Waals surface area contributed by atoms with Crippen LogP contribution in [0.25, 0.3) is 0 Å². The van der Waals surface area contributed by atoms with Crippen molar-refractivity contribution in [1.82, 2.24) is 0 Å². The molecule has 6 heteroatoms. The molecule has 3 N–H and O–H groups in total. The molecule has 4 nitrogen and oxygen atoms in total. The molecule has 0 aliphatic rings. The summed E-state index contributed by atoms with van der Waals surface area (Å²) in [7, 11) is -3.58. The van der Waals surface area contributed by atoms with Gasteiger partial charge in [0.25, 0.3) is 10.0 Å². The van der Waals surface area contributed by atoms with Crippen molar-refractivity contribution in [1.29, 1.82) is 0 Å². The predicted octanol–water partition coefficient (Wildman–Crippen LogP) is 2.98. The van der Waals surface area contributed by atoms with E-state index in [2.05, 4.69) is 27.3 Å². The molecule has 0 fully saturated rings. The van der Waals surface area contributed by atoms with E-state index in [0.29, 0.717) is 16.9 Å². The van der Waals surface area contributed by atoms with Crippen LogP contribution < -0.4 is 10.5 Å². The Hall–Kier alpha value is -1.28. The van der Waals surface area contributed by atoms with Gasteiger partial charge in [0.1, 0.15) is 0 Å². The molecule has 0 heterocycles. The minimum atomic E-state index is -3.58. The highest BCUT2D eigenvalue weighted by molar-refractivity contribution is 14.1. The second-order valence-electron chi connectivity index (χ2n) is 4.14. The van der Waals surface area contributed by atoms with Crippen molar-refractivity contribution in [3.8, 4) is 0 Å². The Labute approximate surface area is 126 Å². The van der Waals surface area contributed by atoms with Gasteiger partial charge in [-0.1, -0.05) is 0 Å². The Kier molecular flexibility index (Phi) is 4.00. The maximum atomic E-state index is 12.3. The monoisotopic (exact) mass is 388 g/mol. The SMILES string of the molecule is Cc1cc(N)ccc1S(=O)(=O)Nc1ccc(I)cc1. The lowest BCUT2D eigenvalue weighted by molar-refractivity contribution is 0.600. The second-order valence-corrected chi connectivity index (χ2v) is 7.03. The largest absolute Gasteiger partial charge is 0.399 e. The second kappa shape index (κ2) is 5.38. The first-order chi connectivity index (χ1) is 8.88. The van der Waals surface area contributed by atoms with Crippen LogP contribution in [0, 0.1) is 10.5 Å². The average molecular weight is 388 g/mol. The van der Waals surface area contributed by atoms with Gasteiger partial charge < -0.3 is 5.73 Å². The summed E-state index contributed by atoms with van der Waals surface area (Å²) in [6, 6.07) is 11.9. The zero-order valence-corrected chi connectivity index (χ0v) is 13.2. The average Bonchev–Trinajstić information content (AvgIpc) is 2.31. The van der Waals surface area contributed by atoms with E-state index in [-0.39, 0.29) is 4.90 Å². The first kappa shape index (κ1) is 14.1. The van der Waals surface area contributed by atoms with E-state index in [1.54, 1.807) is 31.2 Å². The Bertz CT molecular complexity index is 697. The van der Waals surface area contributed by atoms with Gasteiger partial charge in [-0.3, -0.25) is 4.72 Å². The van der Waals surface area contributed by atoms with E-state index in [1.165, 1.54) is 6.07 Å². The topological polar surface area (TPSA) is 72.2 Å². The van der Waals surface area contributed by atoms with Crippen molar-refractivity contribution in [3.63, 3.8) is 0 Å². The molecule has 0 bridgehead atoms. The Balaban J connectivity index is 2.35. The number of halogens is 1. The molecular formula is C13H13IN2O2S. The predicted molar refractivity (Wildman–Crippen MR) is 85.6 cm³/mol. The van der Waals surface area contributed by atoms with Gasteiger partial charge in [0.05, 0.1) is 4.90 Å². The molecule has 0 unspecified atom stereocenters. The van der Waals surface area contributed by atoms with E-state index < -0.39 is 10.0 Å². The van der Waals surface area contributed by atoms with Crippen LogP contribution in [-0.2, 0) is 10.0 Å². The van der Waals surface area contributed by atoms with Crippen LogP contribution in [0.5, 0.6) is 0 Å². The van der Waals surface area contributed by atoms with Crippen molar-refractivity contribution in [2.24, 2.45) is 0 Å². The number of benzene rings is 2. The van der Waals surface area contributed by atoms with Gasteiger partial charge in [-0.2, -0.15) is 0 Å². The van der Waals surface area contributed by atoms with Gasteiger partial charge in [0, 0.05) is 14.9 Å². The van der Waals surface area contributed by atoms with E-state index in [1.807, 2.05) is 12.1 Å². The number of anilines is 2. The lowest BCUT2D eigenvalue weighted by Crippen LogP contribution is -2.14. The number of aryl methyl sites for hydroxylation is 1. The van der Waals surface area contributed by atoms with Crippen LogP contribution in [0.3, 0.4) is 0 Å². The third-order valence-corrected chi connectivity index (χ3v) is 4.85. The molecule has 2 rings (SSSR count). The van der Waals surface area contributed by atoms with Crippen molar-refractivity contribution in [3.05, 3.63) is 51.6 Å². The highest BCUT2D eigenvalue weighted by Crippen LogP contribution is 2.21. The summed E-state index contributed by atoms with van der Waals surface area (Å²) in [6.45, 7) is 1.72. The minimum Gasteiger partial charge on any atom is -0.399 e. The van der Waals surface area contributed by atoms with Crippen molar-refractivity contribution in [2.75, 3.05) is 10.5 Å². The molecule has 100 valence electrons. The van der Waals surface area contributed by atoms with Crippen LogP contribution in [0.2, 0.25) is 0 Å². The molecule has 2 aromatic rings. The van der Waals surface area contributed by atoms with Gasteiger partial charge in [0.2, 0.25) is 0 Å². The minimum absolute atomic E-state index is 0.236. The van der Waals surface area contributed by atoms with Crippen LogP contribution in [0.4, 0.5) is 11.4 Å². The summed E-state index contributed by atoms with van der Waals surface area (Å²) < 4.78 is 28.1. The van der Waals surface area contributed by atoms with Crippen LogP contribution in [0.1, 0.15) is 5.56 Å². The van der Waals surface area contributed by atoms with Gasteiger partial charge in [-0.15, -0.1) is 0 Å². The molecule has 0 atom stereocenters. The normalized spacial score (nSPS) is 11.3. The van der Waals surface area contributed by atoms with Crippen LogP contribution in [-0.4, -0.2) is 8.42 Å². The first-order valence-corrected chi connectivity index (χ1v) is 8.09. The van der Waals surface area contributed by atoms with Gasteiger partial charge in [-0.05, 0) is 77.5 Å². The first-order valence-electron chi connectivity index (χ1n) is 5.53. The number of rotatable bonds is 3. The summed E-state index contributed by atoms with van der Waals surface area (Å²) >= 11 is 2.16. The van der Waals surface area contributed by atoms with E-state index in [0.717, 1.165) is 3.57 Å². The highest BCUT2D eigenvalue weighted by atomic mass is 127. The van der Waals surface area contributed by atoms with Crippen LogP contribution in [0.15, 0.2) is 47.4 Å². The fraction of sp³-hybridized carbons (Fsp3) is 0.0769. The summed E-state index contributed by atoms with van der Waals surface area (Å²) in [4.78, 5) is 0.236. The molecule has 0 saturated heterocycles. The molecule has 0 aromatic heterocycles. The van der Waals surface area contributed by atoms with Crippen molar-refractivity contribution >= 4 is 44.0 Å². The molecule has 0 radical (unpaired) electrons. The Morgan fingerprint density at radius 2 is 1.74 bits per heavy atom.